The average Bonchev–Trinajstić information content (AvgIpc) is 3.29. The van der Waals surface area contributed by atoms with Gasteiger partial charge in [0.15, 0.2) is 19.7 Å². The van der Waals surface area contributed by atoms with Crippen LogP contribution in [0.15, 0.2) is 0 Å². The Hall–Kier alpha value is -0.653. The van der Waals surface area contributed by atoms with Gasteiger partial charge in [0, 0.05) is 23.2 Å². The highest BCUT2D eigenvalue weighted by Gasteiger charge is 2.78. The van der Waals surface area contributed by atoms with Gasteiger partial charge in [-0.05, 0) is 120 Å². The van der Waals surface area contributed by atoms with E-state index in [0.29, 0.717) is 12.3 Å². The predicted molar refractivity (Wildman–Crippen MR) is 239 cm³/mol. The van der Waals surface area contributed by atoms with E-state index in [2.05, 4.69) is 57.2 Å². The molecule has 4 saturated carbocycles. The molecule has 4 aliphatic carbocycles. The van der Waals surface area contributed by atoms with Gasteiger partial charge in [-0.2, -0.15) is 0 Å². The number of carbonyl (C=O) groups excluding carboxylic acids is 3. The Morgan fingerprint density at radius 2 is 1.29 bits per heavy atom. The van der Waals surface area contributed by atoms with Crippen LogP contribution in [0.5, 0.6) is 0 Å². The number of fused-ring (bicyclic) bond motifs is 5. The molecule has 4 fully saturated rings. The van der Waals surface area contributed by atoms with Gasteiger partial charge in [-0.3, -0.25) is 18.6 Å². The Balaban J connectivity index is 0.000000447. The number of unbranched alkanes of at least 4 members (excludes halogenated alkanes) is 4. The first kappa shape index (κ1) is 51.7. The number of carbonyl (C=O) groups is 3. The summed E-state index contributed by atoms with van der Waals surface area (Å²) in [6, 6.07) is 0. The van der Waals surface area contributed by atoms with Crippen LogP contribution in [0.25, 0.3) is 0 Å². The first-order valence-corrected chi connectivity index (χ1v) is 28.6. The molecular formula is C44H80INO10SSi. The van der Waals surface area contributed by atoms with E-state index < -0.39 is 57.6 Å². The van der Waals surface area contributed by atoms with E-state index in [0.717, 1.165) is 32.1 Å². The number of halogens is 1. The van der Waals surface area contributed by atoms with Crippen molar-refractivity contribution in [2.24, 2.45) is 34.5 Å². The minimum absolute atomic E-state index is 0.0483. The summed E-state index contributed by atoms with van der Waals surface area (Å²) >= 11 is 2.15. The summed E-state index contributed by atoms with van der Waals surface area (Å²) in [6.45, 7) is 29.0. The van der Waals surface area contributed by atoms with Crippen LogP contribution in [-0.4, -0.2) is 97.5 Å². The van der Waals surface area contributed by atoms with Crippen molar-refractivity contribution in [2.45, 2.75) is 200 Å². The second kappa shape index (κ2) is 21.1. The number of hydrogen-bond donors (Lipinski definition) is 0. The standard InChI is InChI=1S/C28H45IO10SSi.C16H36N/c1-15(30)28(39-41(6,7)8)25(38-40(33,34)35)24(29)23-20-10-9-18-13-19(36-16(2)31)11-12-26(18,4)21(20)14-22(27(23,28)5)37-17(3)32;1-5-9-13-17(14-10-6-2,15-11-7-3)16-12-8-4/h18-25H,9-14H2,1-8H3,(H,33,34,35);5-16H2,1-4H3/q;+1/p-1/t18-,19-,20+,21-,22+,23+,24+,25-,26-,27-,28+;/m0./s1. The van der Waals surface area contributed by atoms with Crippen molar-refractivity contribution in [3.63, 3.8) is 0 Å². The quantitative estimate of drug-likeness (QED) is 0.0233. The van der Waals surface area contributed by atoms with Gasteiger partial charge in [-0.15, -0.1) is 0 Å². The molecule has 4 rings (SSSR count). The van der Waals surface area contributed by atoms with E-state index in [4.69, 9.17) is 18.1 Å². The number of alkyl halides is 1. The lowest BCUT2D eigenvalue weighted by atomic mass is 9.43. The van der Waals surface area contributed by atoms with Gasteiger partial charge in [-0.1, -0.05) is 89.8 Å². The zero-order chi connectivity index (χ0) is 43.9. The van der Waals surface area contributed by atoms with Crippen molar-refractivity contribution in [2.75, 3.05) is 26.2 Å². The molecule has 0 N–H and O–H groups in total. The Labute approximate surface area is 367 Å². The molecule has 338 valence electrons. The first-order valence-electron chi connectivity index (χ1n) is 22.6. The Morgan fingerprint density at radius 1 is 0.793 bits per heavy atom. The summed E-state index contributed by atoms with van der Waals surface area (Å²) in [7, 11) is -7.80. The van der Waals surface area contributed by atoms with Crippen molar-refractivity contribution < 1.29 is 49.9 Å². The van der Waals surface area contributed by atoms with Crippen LogP contribution in [0, 0.1) is 34.5 Å². The molecule has 0 heterocycles. The molecule has 0 aromatic heterocycles. The summed E-state index contributed by atoms with van der Waals surface area (Å²) in [5.74, 6) is -1.11. The molecule has 58 heavy (non-hydrogen) atoms. The van der Waals surface area contributed by atoms with Crippen molar-refractivity contribution >= 4 is 59.0 Å². The number of esters is 2. The third-order valence-corrected chi connectivity index (χ3v) is 17.4. The number of rotatable bonds is 19. The van der Waals surface area contributed by atoms with Crippen LogP contribution < -0.4 is 0 Å². The van der Waals surface area contributed by atoms with Gasteiger partial charge in [0.05, 0.1) is 26.2 Å². The van der Waals surface area contributed by atoms with Gasteiger partial charge in [0.1, 0.15) is 18.3 Å². The van der Waals surface area contributed by atoms with E-state index in [1.54, 1.807) is 0 Å². The molecule has 0 radical (unpaired) electrons. The minimum atomic E-state index is -5.21. The topological polar surface area (TPSA) is 145 Å². The smallest absolute Gasteiger partial charge is 0.302 e. The average molecular weight is 970 g/mol. The second-order valence-electron chi connectivity index (χ2n) is 19.7. The highest BCUT2D eigenvalue weighted by Crippen LogP contribution is 2.71. The Kier molecular flexibility index (Phi) is 18.8. The number of nitrogens with zero attached hydrogens (tertiary/aromatic N) is 1. The number of ketones is 1. The fourth-order valence-corrected chi connectivity index (χ4v) is 16.2. The van der Waals surface area contributed by atoms with E-state index in [-0.39, 0.29) is 35.2 Å². The maximum Gasteiger partial charge on any atom is 0.302 e. The molecule has 0 unspecified atom stereocenters. The van der Waals surface area contributed by atoms with Crippen LogP contribution in [0.2, 0.25) is 19.6 Å². The molecule has 0 aromatic rings. The van der Waals surface area contributed by atoms with E-state index in [1.807, 2.05) is 26.6 Å². The normalized spacial score (nSPS) is 34.8. The molecular weight excluding hydrogens is 890 g/mol. The minimum Gasteiger partial charge on any atom is -0.726 e. The summed E-state index contributed by atoms with van der Waals surface area (Å²) in [5.41, 5.74) is -3.09. The van der Waals surface area contributed by atoms with Gasteiger partial charge in [-0.25, -0.2) is 8.42 Å². The zero-order valence-electron chi connectivity index (χ0n) is 38.2. The molecule has 14 heteroatoms. The van der Waals surface area contributed by atoms with E-state index >= 15 is 0 Å². The summed E-state index contributed by atoms with van der Waals surface area (Å²) < 4.78 is 61.0. The number of hydrogen-bond acceptors (Lipinski definition) is 10. The molecule has 11 atom stereocenters. The maximum atomic E-state index is 13.9. The lowest BCUT2D eigenvalue weighted by Crippen LogP contribution is -2.69. The van der Waals surface area contributed by atoms with Crippen molar-refractivity contribution in [3.05, 3.63) is 0 Å². The van der Waals surface area contributed by atoms with E-state index in [1.165, 1.54) is 103 Å². The Morgan fingerprint density at radius 3 is 1.71 bits per heavy atom. The molecule has 0 spiro atoms. The SMILES string of the molecule is CC(=O)O[C@H]1CC[C@@]2(C)[C@@H](CC[C@H]3[C@@H]4[C@@H](I)[C@H](OS(=O)(=O)[O-])[C@](O[Si](C)(C)C)(C(C)=O)[C@@]4(C)[C@H](OC(C)=O)C[C@@H]32)C1.CCCC[N+](CCCC)(CCCC)CCCC. The molecule has 0 saturated heterocycles. The number of ether oxygens (including phenoxy) is 2. The number of quaternary nitrogens is 1. The summed E-state index contributed by atoms with van der Waals surface area (Å²) in [6.07, 6.45) is 13.3. The van der Waals surface area contributed by atoms with E-state index in [9.17, 15) is 27.4 Å². The molecule has 0 aromatic carbocycles. The zero-order valence-corrected chi connectivity index (χ0v) is 42.1. The lowest BCUT2D eigenvalue weighted by molar-refractivity contribution is -0.929. The van der Waals surface area contributed by atoms with Crippen molar-refractivity contribution in [1.29, 1.82) is 0 Å². The van der Waals surface area contributed by atoms with Crippen LogP contribution in [0.1, 0.15) is 152 Å². The van der Waals surface area contributed by atoms with Gasteiger partial charge in [0.2, 0.25) is 10.4 Å². The number of Topliss-reactive ketones (excluding diaryl/α,β-unsaturated/α-hetero) is 1. The summed E-state index contributed by atoms with van der Waals surface area (Å²) in [4.78, 5) is 38.2. The molecule has 4 aliphatic rings. The monoisotopic (exact) mass is 969 g/mol. The molecule has 11 nitrogen and oxygen atoms in total. The fourth-order valence-electron chi connectivity index (χ4n) is 12.1. The second-order valence-corrected chi connectivity index (χ2v) is 26.6. The molecule has 0 aliphatic heterocycles. The largest absolute Gasteiger partial charge is 0.726 e. The molecule has 0 bridgehead atoms. The van der Waals surface area contributed by atoms with Crippen molar-refractivity contribution in [3.8, 4) is 0 Å². The van der Waals surface area contributed by atoms with Crippen LogP contribution >= 0.6 is 22.6 Å². The Bertz CT molecular complexity index is 1450. The lowest BCUT2D eigenvalue weighted by Gasteiger charge is -2.63. The third kappa shape index (κ3) is 11.7. The van der Waals surface area contributed by atoms with Crippen molar-refractivity contribution in [1.82, 2.24) is 0 Å². The predicted octanol–water partition coefficient (Wildman–Crippen LogP) is 9.55. The third-order valence-electron chi connectivity index (χ3n) is 14.6. The van der Waals surface area contributed by atoms with Gasteiger partial charge in [0.25, 0.3) is 0 Å². The van der Waals surface area contributed by atoms with Crippen LogP contribution in [-0.2, 0) is 42.9 Å². The highest BCUT2D eigenvalue weighted by atomic mass is 127. The fraction of sp³-hybridized carbons (Fsp3) is 0.932. The highest BCUT2D eigenvalue weighted by molar-refractivity contribution is 14.1. The van der Waals surface area contributed by atoms with Gasteiger partial charge >= 0.3 is 11.9 Å². The summed E-state index contributed by atoms with van der Waals surface area (Å²) in [5, 5.41) is 0. The van der Waals surface area contributed by atoms with Crippen LogP contribution in [0.4, 0.5) is 0 Å². The molecule has 0 amide bonds. The van der Waals surface area contributed by atoms with Crippen LogP contribution in [0.3, 0.4) is 0 Å². The van der Waals surface area contributed by atoms with Gasteiger partial charge < -0.3 is 22.9 Å². The maximum absolute atomic E-state index is 13.9. The first-order chi connectivity index (χ1) is 26.9.